The number of ketones is 1. The smallest absolute Gasteiger partial charge is 0.336 e. The summed E-state index contributed by atoms with van der Waals surface area (Å²) in [4.78, 5) is 28.3. The molecule has 0 fully saturated rings. The second-order valence-corrected chi connectivity index (χ2v) is 6.97. The Hall–Kier alpha value is -3.19. The maximum Gasteiger partial charge on any atom is 0.336 e. The van der Waals surface area contributed by atoms with Gasteiger partial charge >= 0.3 is 5.63 Å². The van der Waals surface area contributed by atoms with E-state index in [4.69, 9.17) is 9.15 Å². The summed E-state index contributed by atoms with van der Waals surface area (Å²) in [6.45, 7) is 3.73. The number of thiazole rings is 1. The molecule has 0 amide bonds. The van der Waals surface area contributed by atoms with Crippen LogP contribution in [0, 0.1) is 13.8 Å². The van der Waals surface area contributed by atoms with E-state index in [0.29, 0.717) is 16.9 Å². The lowest BCUT2D eigenvalue weighted by atomic mass is 10.1. The van der Waals surface area contributed by atoms with Gasteiger partial charge in [-0.25, -0.2) is 9.78 Å². The van der Waals surface area contributed by atoms with Crippen molar-refractivity contribution >= 4 is 28.1 Å². The molecular formula is C20H16N2O4S. The monoisotopic (exact) mass is 380 g/mol. The number of nitrogens with zero attached hydrogens (tertiary/aromatic N) is 2. The number of carbonyl (C=O) groups is 1. The SMILES string of the molecule is Cc1cc(C(=O)COc2ccc3ccc(=O)oc3c2)c(C)n1-c1nccs1. The first kappa shape index (κ1) is 17.2. The molecule has 7 heteroatoms. The summed E-state index contributed by atoms with van der Waals surface area (Å²) in [7, 11) is 0. The van der Waals surface area contributed by atoms with Gasteiger partial charge in [0.05, 0.1) is 0 Å². The van der Waals surface area contributed by atoms with E-state index in [1.807, 2.05) is 29.9 Å². The fourth-order valence-electron chi connectivity index (χ4n) is 3.02. The second kappa shape index (κ2) is 6.85. The van der Waals surface area contributed by atoms with E-state index in [-0.39, 0.29) is 12.4 Å². The number of hydrogen-bond donors (Lipinski definition) is 0. The molecule has 0 aliphatic rings. The Labute approximate surface area is 158 Å². The molecule has 4 rings (SSSR count). The number of fused-ring (bicyclic) bond motifs is 1. The minimum Gasteiger partial charge on any atom is -0.485 e. The molecule has 0 bridgehead atoms. The van der Waals surface area contributed by atoms with Crippen molar-refractivity contribution in [2.75, 3.05) is 6.61 Å². The standard InChI is InChI=1S/C20H16N2O4S/c1-12-9-16(13(2)22(12)20-21-7-8-27-20)17(23)11-25-15-5-3-14-4-6-19(24)26-18(14)10-15/h3-10H,11H2,1-2H3. The third-order valence-corrected chi connectivity index (χ3v) is 5.06. The molecule has 0 saturated heterocycles. The Kier molecular flexibility index (Phi) is 4.37. The molecule has 0 spiro atoms. The van der Waals surface area contributed by atoms with E-state index in [1.165, 1.54) is 17.4 Å². The largest absolute Gasteiger partial charge is 0.485 e. The molecule has 0 atom stereocenters. The van der Waals surface area contributed by atoms with Crippen molar-refractivity contribution in [1.29, 1.82) is 0 Å². The molecule has 0 unspecified atom stereocenters. The van der Waals surface area contributed by atoms with E-state index in [2.05, 4.69) is 4.98 Å². The van der Waals surface area contributed by atoms with Crippen molar-refractivity contribution in [1.82, 2.24) is 9.55 Å². The van der Waals surface area contributed by atoms with E-state index in [0.717, 1.165) is 21.9 Å². The van der Waals surface area contributed by atoms with E-state index >= 15 is 0 Å². The van der Waals surface area contributed by atoms with Crippen molar-refractivity contribution in [3.63, 3.8) is 0 Å². The van der Waals surface area contributed by atoms with Crippen LogP contribution in [0.3, 0.4) is 0 Å². The maximum absolute atomic E-state index is 12.7. The van der Waals surface area contributed by atoms with Crippen molar-refractivity contribution in [2.24, 2.45) is 0 Å². The first-order valence-corrected chi connectivity index (χ1v) is 9.19. The van der Waals surface area contributed by atoms with Crippen molar-refractivity contribution in [3.8, 4) is 10.9 Å². The molecule has 4 aromatic rings. The van der Waals surface area contributed by atoms with Crippen LogP contribution >= 0.6 is 11.3 Å². The van der Waals surface area contributed by atoms with Gasteiger partial charge in [0.25, 0.3) is 0 Å². The zero-order valence-corrected chi connectivity index (χ0v) is 15.6. The van der Waals surface area contributed by atoms with Gasteiger partial charge in [-0.1, -0.05) is 0 Å². The molecule has 6 nitrogen and oxygen atoms in total. The van der Waals surface area contributed by atoms with Crippen LogP contribution in [-0.2, 0) is 0 Å². The first-order valence-electron chi connectivity index (χ1n) is 8.31. The summed E-state index contributed by atoms with van der Waals surface area (Å²) in [6.07, 6.45) is 1.74. The fourth-order valence-corrected chi connectivity index (χ4v) is 3.77. The van der Waals surface area contributed by atoms with Crippen LogP contribution in [0.1, 0.15) is 21.7 Å². The highest BCUT2D eigenvalue weighted by atomic mass is 32.1. The Morgan fingerprint density at radius 1 is 1.22 bits per heavy atom. The zero-order chi connectivity index (χ0) is 19.0. The lowest BCUT2D eigenvalue weighted by Gasteiger charge is -2.07. The number of Topliss-reactive ketones (excluding diaryl/α,β-unsaturated/α-hetero) is 1. The fraction of sp³-hybridized carbons (Fsp3) is 0.150. The van der Waals surface area contributed by atoms with Gasteiger partial charge in [0.15, 0.2) is 11.7 Å². The summed E-state index contributed by atoms with van der Waals surface area (Å²) < 4.78 is 12.7. The minimum atomic E-state index is -0.426. The maximum atomic E-state index is 12.7. The van der Waals surface area contributed by atoms with Crippen molar-refractivity contribution < 1.29 is 13.9 Å². The Morgan fingerprint density at radius 3 is 2.81 bits per heavy atom. The summed E-state index contributed by atoms with van der Waals surface area (Å²) in [5.74, 6) is 0.347. The van der Waals surface area contributed by atoms with Gasteiger partial charge in [0, 0.05) is 46.0 Å². The molecule has 27 heavy (non-hydrogen) atoms. The van der Waals surface area contributed by atoms with E-state index < -0.39 is 5.63 Å². The molecule has 136 valence electrons. The van der Waals surface area contributed by atoms with Crippen LogP contribution in [-0.4, -0.2) is 21.9 Å². The van der Waals surface area contributed by atoms with Gasteiger partial charge < -0.3 is 9.15 Å². The van der Waals surface area contributed by atoms with E-state index in [1.54, 1.807) is 30.5 Å². The molecule has 3 heterocycles. The topological polar surface area (TPSA) is 74.3 Å². The molecule has 1 aromatic carbocycles. The third-order valence-electron chi connectivity index (χ3n) is 4.31. The number of benzene rings is 1. The lowest BCUT2D eigenvalue weighted by Crippen LogP contribution is -2.12. The second-order valence-electron chi connectivity index (χ2n) is 6.10. The normalized spacial score (nSPS) is 11.0. The highest BCUT2D eigenvalue weighted by Gasteiger charge is 2.18. The summed E-state index contributed by atoms with van der Waals surface area (Å²) in [6, 6.07) is 10.0. The molecule has 0 aliphatic heterocycles. The summed E-state index contributed by atoms with van der Waals surface area (Å²) >= 11 is 1.52. The van der Waals surface area contributed by atoms with Crippen LogP contribution in [0.5, 0.6) is 5.75 Å². The number of hydrogen-bond acceptors (Lipinski definition) is 6. The lowest BCUT2D eigenvalue weighted by molar-refractivity contribution is 0.0921. The molecule has 0 radical (unpaired) electrons. The Bertz CT molecular complexity index is 1190. The van der Waals surface area contributed by atoms with Gasteiger partial charge in [-0.05, 0) is 38.1 Å². The molecule has 0 saturated carbocycles. The first-order chi connectivity index (χ1) is 13.0. The average Bonchev–Trinajstić information content (AvgIpc) is 3.27. The van der Waals surface area contributed by atoms with Crippen LogP contribution in [0.4, 0.5) is 0 Å². The Morgan fingerprint density at radius 2 is 2.04 bits per heavy atom. The predicted molar refractivity (Wildman–Crippen MR) is 103 cm³/mol. The summed E-state index contributed by atoms with van der Waals surface area (Å²) in [5.41, 5.74) is 2.38. The van der Waals surface area contributed by atoms with Gasteiger partial charge in [-0.3, -0.25) is 9.36 Å². The average molecular weight is 380 g/mol. The summed E-state index contributed by atoms with van der Waals surface area (Å²) in [5, 5.41) is 3.52. The predicted octanol–water partition coefficient (Wildman–Crippen LogP) is 3.92. The number of carbonyl (C=O) groups excluding carboxylic acids is 1. The molecule has 0 aliphatic carbocycles. The zero-order valence-electron chi connectivity index (χ0n) is 14.8. The van der Waals surface area contributed by atoms with Crippen molar-refractivity contribution in [3.05, 3.63) is 75.3 Å². The van der Waals surface area contributed by atoms with Gasteiger partial charge in [-0.2, -0.15) is 0 Å². The number of aromatic nitrogens is 2. The van der Waals surface area contributed by atoms with Crippen molar-refractivity contribution in [2.45, 2.75) is 13.8 Å². The van der Waals surface area contributed by atoms with E-state index in [9.17, 15) is 9.59 Å². The van der Waals surface area contributed by atoms with Gasteiger partial charge in [-0.15, -0.1) is 11.3 Å². The number of ether oxygens (including phenoxy) is 1. The number of rotatable bonds is 5. The van der Waals surface area contributed by atoms with Crippen LogP contribution in [0.25, 0.3) is 16.1 Å². The minimum absolute atomic E-state index is 0.106. The molecular weight excluding hydrogens is 364 g/mol. The highest BCUT2D eigenvalue weighted by Crippen LogP contribution is 2.23. The molecule has 3 aromatic heterocycles. The number of aryl methyl sites for hydroxylation is 1. The third kappa shape index (κ3) is 3.29. The quantitative estimate of drug-likeness (QED) is 0.387. The van der Waals surface area contributed by atoms with Crippen LogP contribution in [0.2, 0.25) is 0 Å². The van der Waals surface area contributed by atoms with Gasteiger partial charge in [0.2, 0.25) is 5.78 Å². The van der Waals surface area contributed by atoms with Crippen LogP contribution in [0.15, 0.2) is 57.2 Å². The van der Waals surface area contributed by atoms with Gasteiger partial charge in [0.1, 0.15) is 11.3 Å². The Balaban J connectivity index is 1.55. The van der Waals surface area contributed by atoms with Crippen LogP contribution < -0.4 is 10.4 Å². The highest BCUT2D eigenvalue weighted by molar-refractivity contribution is 7.12. The molecule has 0 N–H and O–H groups in total.